The summed E-state index contributed by atoms with van der Waals surface area (Å²) >= 11 is 1.78. The summed E-state index contributed by atoms with van der Waals surface area (Å²) in [6, 6.07) is 5.82. The summed E-state index contributed by atoms with van der Waals surface area (Å²) in [6.45, 7) is 2.10. The van der Waals surface area contributed by atoms with Crippen molar-refractivity contribution in [3.8, 4) is 0 Å². The van der Waals surface area contributed by atoms with Gasteiger partial charge in [0.05, 0.1) is 6.04 Å². The quantitative estimate of drug-likeness (QED) is 0.910. The summed E-state index contributed by atoms with van der Waals surface area (Å²) in [5, 5.41) is 4.97. The van der Waals surface area contributed by atoms with Crippen molar-refractivity contribution in [3.63, 3.8) is 0 Å². The Morgan fingerprint density at radius 1 is 1.33 bits per heavy atom. The Labute approximate surface area is 128 Å². The van der Waals surface area contributed by atoms with E-state index in [1.165, 1.54) is 28.3 Å². The number of rotatable bonds is 4. The molecule has 0 amide bonds. The summed E-state index contributed by atoms with van der Waals surface area (Å²) in [7, 11) is 0. The van der Waals surface area contributed by atoms with E-state index in [4.69, 9.17) is 0 Å². The average molecular weight is 302 g/mol. The van der Waals surface area contributed by atoms with Crippen molar-refractivity contribution in [1.82, 2.24) is 10.3 Å². The van der Waals surface area contributed by atoms with Gasteiger partial charge in [0.25, 0.3) is 0 Å². The van der Waals surface area contributed by atoms with Gasteiger partial charge in [0.2, 0.25) is 0 Å². The van der Waals surface area contributed by atoms with E-state index in [2.05, 4.69) is 17.2 Å². The molecule has 2 aliphatic rings. The fourth-order valence-electron chi connectivity index (χ4n) is 3.32. The number of hydrogen-bond acceptors (Lipinski definition) is 3. The van der Waals surface area contributed by atoms with Crippen molar-refractivity contribution >= 4 is 11.3 Å². The summed E-state index contributed by atoms with van der Waals surface area (Å²) in [6.07, 6.45) is 6.62. The highest BCUT2D eigenvalue weighted by atomic mass is 32.1. The molecule has 4 rings (SSSR count). The van der Waals surface area contributed by atoms with Gasteiger partial charge >= 0.3 is 0 Å². The van der Waals surface area contributed by atoms with Crippen LogP contribution in [0.25, 0.3) is 0 Å². The van der Waals surface area contributed by atoms with Gasteiger partial charge in [-0.05, 0) is 61.8 Å². The molecule has 21 heavy (non-hydrogen) atoms. The predicted molar refractivity (Wildman–Crippen MR) is 82.9 cm³/mol. The van der Waals surface area contributed by atoms with E-state index < -0.39 is 0 Å². The first-order valence-corrected chi connectivity index (χ1v) is 8.49. The molecule has 1 heterocycles. The lowest BCUT2D eigenvalue weighted by molar-refractivity contribution is 0.406. The van der Waals surface area contributed by atoms with Crippen LogP contribution in [0, 0.1) is 18.7 Å². The van der Waals surface area contributed by atoms with E-state index in [9.17, 15) is 4.39 Å². The van der Waals surface area contributed by atoms with Crippen LogP contribution in [0.4, 0.5) is 4.39 Å². The molecular weight excluding hydrogens is 283 g/mol. The van der Waals surface area contributed by atoms with E-state index in [1.807, 2.05) is 12.3 Å². The Bertz CT molecular complexity index is 663. The van der Waals surface area contributed by atoms with Gasteiger partial charge < -0.3 is 5.32 Å². The summed E-state index contributed by atoms with van der Waals surface area (Å²) < 4.78 is 13.5. The normalized spacial score (nSPS) is 22.3. The van der Waals surface area contributed by atoms with Gasteiger partial charge in [-0.2, -0.15) is 0 Å². The lowest BCUT2D eigenvalue weighted by atomic mass is 10.1. The van der Waals surface area contributed by atoms with Crippen LogP contribution in [-0.2, 0) is 6.42 Å². The highest BCUT2D eigenvalue weighted by Gasteiger charge is 2.36. The second-order valence-corrected chi connectivity index (χ2v) is 7.49. The van der Waals surface area contributed by atoms with Gasteiger partial charge in [0.15, 0.2) is 0 Å². The molecule has 2 aromatic rings. The van der Waals surface area contributed by atoms with Crippen LogP contribution >= 0.6 is 11.3 Å². The highest BCUT2D eigenvalue weighted by Crippen LogP contribution is 2.44. The number of aromatic nitrogens is 1. The number of aryl methyl sites for hydroxylation is 2. The molecule has 0 bridgehead atoms. The Morgan fingerprint density at radius 3 is 2.90 bits per heavy atom. The number of hydrogen-bond donors (Lipinski definition) is 1. The minimum Gasteiger partial charge on any atom is -0.301 e. The molecule has 1 aromatic heterocycles. The van der Waals surface area contributed by atoms with Crippen molar-refractivity contribution in [3.05, 3.63) is 51.2 Å². The minimum atomic E-state index is -0.129. The van der Waals surface area contributed by atoms with Gasteiger partial charge in [0, 0.05) is 17.1 Å². The molecule has 0 radical (unpaired) electrons. The van der Waals surface area contributed by atoms with Crippen molar-refractivity contribution in [1.29, 1.82) is 0 Å². The number of nitrogens with one attached hydrogen (secondary N) is 1. The predicted octanol–water partition coefficient (Wildman–Crippen LogP) is 4.32. The smallest absolute Gasteiger partial charge is 0.123 e. The fraction of sp³-hybridized carbons (Fsp3) is 0.471. The van der Waals surface area contributed by atoms with Crippen LogP contribution < -0.4 is 5.32 Å². The standard InChI is InChI=1S/C17H19FN2S/c1-10-9-19-17(21-10)16(12-2-3-12)20-15-7-5-11-4-6-13(18)8-14(11)15/h4,6,8-9,12,15-16,20H,2-3,5,7H2,1H3/t15-,16-/m0/s1. The molecule has 4 heteroatoms. The lowest BCUT2D eigenvalue weighted by Gasteiger charge is -2.22. The molecule has 110 valence electrons. The third kappa shape index (κ3) is 2.62. The van der Waals surface area contributed by atoms with Crippen LogP contribution in [0.1, 0.15) is 52.4 Å². The first-order valence-electron chi connectivity index (χ1n) is 7.67. The van der Waals surface area contributed by atoms with Crippen LogP contribution in [0.2, 0.25) is 0 Å². The zero-order chi connectivity index (χ0) is 14.4. The van der Waals surface area contributed by atoms with E-state index in [0.717, 1.165) is 18.4 Å². The Hall–Kier alpha value is -1.26. The second kappa shape index (κ2) is 5.18. The zero-order valence-corrected chi connectivity index (χ0v) is 12.9. The molecule has 1 saturated carbocycles. The van der Waals surface area contributed by atoms with Crippen molar-refractivity contribution in [2.24, 2.45) is 5.92 Å². The highest BCUT2D eigenvalue weighted by molar-refractivity contribution is 7.11. The molecule has 0 aliphatic heterocycles. The topological polar surface area (TPSA) is 24.9 Å². The number of halogens is 1. The van der Waals surface area contributed by atoms with E-state index in [-0.39, 0.29) is 11.9 Å². The molecule has 1 aromatic carbocycles. The van der Waals surface area contributed by atoms with E-state index in [1.54, 1.807) is 23.5 Å². The van der Waals surface area contributed by atoms with Crippen molar-refractivity contribution in [2.75, 3.05) is 0 Å². The fourth-order valence-corrected chi connectivity index (χ4v) is 4.25. The van der Waals surface area contributed by atoms with Crippen LogP contribution in [0.15, 0.2) is 24.4 Å². The summed E-state index contributed by atoms with van der Waals surface area (Å²) in [4.78, 5) is 5.83. The van der Waals surface area contributed by atoms with Crippen molar-refractivity contribution in [2.45, 2.75) is 44.7 Å². The number of fused-ring (bicyclic) bond motifs is 1. The maximum absolute atomic E-state index is 13.5. The number of thiazole rings is 1. The summed E-state index contributed by atoms with van der Waals surface area (Å²) in [5.41, 5.74) is 2.44. The Kier molecular flexibility index (Phi) is 3.31. The molecule has 0 spiro atoms. The van der Waals surface area contributed by atoms with Gasteiger partial charge in [-0.1, -0.05) is 6.07 Å². The average Bonchev–Trinajstić information content (AvgIpc) is 3.10. The van der Waals surface area contributed by atoms with Crippen LogP contribution in [0.3, 0.4) is 0 Å². The summed E-state index contributed by atoms with van der Waals surface area (Å²) in [5.74, 6) is 0.573. The van der Waals surface area contributed by atoms with Gasteiger partial charge in [0.1, 0.15) is 10.8 Å². The first-order chi connectivity index (χ1) is 10.2. The molecular formula is C17H19FN2S. The van der Waals surface area contributed by atoms with Crippen molar-refractivity contribution < 1.29 is 4.39 Å². The maximum atomic E-state index is 13.5. The zero-order valence-electron chi connectivity index (χ0n) is 12.1. The minimum absolute atomic E-state index is 0.129. The molecule has 1 N–H and O–H groups in total. The third-order valence-electron chi connectivity index (χ3n) is 4.57. The third-order valence-corrected chi connectivity index (χ3v) is 5.56. The van der Waals surface area contributed by atoms with Gasteiger partial charge in [-0.3, -0.25) is 0 Å². The Morgan fingerprint density at radius 2 is 2.19 bits per heavy atom. The van der Waals surface area contributed by atoms with Gasteiger partial charge in [-0.15, -0.1) is 11.3 Å². The SMILES string of the molecule is Cc1cnc([C@@H](N[C@H]2CCc3ccc(F)cc32)C2CC2)s1. The molecule has 2 nitrogen and oxygen atoms in total. The second-order valence-electron chi connectivity index (χ2n) is 6.23. The van der Waals surface area contributed by atoms with E-state index in [0.29, 0.717) is 12.0 Å². The number of benzene rings is 1. The largest absolute Gasteiger partial charge is 0.301 e. The molecule has 1 fully saturated rings. The monoisotopic (exact) mass is 302 g/mol. The molecule has 2 atom stereocenters. The van der Waals surface area contributed by atoms with Crippen LogP contribution in [-0.4, -0.2) is 4.98 Å². The Balaban J connectivity index is 1.59. The molecule has 0 unspecified atom stereocenters. The lowest BCUT2D eigenvalue weighted by Crippen LogP contribution is -2.26. The maximum Gasteiger partial charge on any atom is 0.123 e. The van der Waals surface area contributed by atoms with Crippen LogP contribution in [0.5, 0.6) is 0 Å². The molecule has 2 aliphatic carbocycles. The first kappa shape index (κ1) is 13.4. The van der Waals surface area contributed by atoms with E-state index >= 15 is 0 Å². The molecule has 0 saturated heterocycles. The number of nitrogens with zero attached hydrogens (tertiary/aromatic N) is 1. The van der Waals surface area contributed by atoms with Gasteiger partial charge in [-0.25, -0.2) is 9.37 Å².